The van der Waals surface area contributed by atoms with Gasteiger partial charge in [-0.15, -0.1) is 25.1 Å². The summed E-state index contributed by atoms with van der Waals surface area (Å²) in [6, 6.07) is 46.8. The normalized spacial score (nSPS) is 11.2. The van der Waals surface area contributed by atoms with Crippen molar-refractivity contribution >= 4 is 5.91 Å². The lowest BCUT2D eigenvalue weighted by molar-refractivity contribution is -0.757. The van der Waals surface area contributed by atoms with Crippen LogP contribution in [-0.4, -0.2) is 49.3 Å². The maximum atomic E-state index is 13.0. The lowest BCUT2D eigenvalue weighted by Crippen LogP contribution is -2.39. The molecule has 10 nitrogen and oxygen atoms in total. The molecule has 0 unspecified atom stereocenters. The smallest absolute Gasteiger partial charge is 0.294 e. The molecule has 0 aliphatic rings. The van der Waals surface area contributed by atoms with Gasteiger partial charge in [0.15, 0.2) is 5.54 Å². The van der Waals surface area contributed by atoms with Crippen LogP contribution in [0.1, 0.15) is 54.9 Å². The van der Waals surface area contributed by atoms with Crippen LogP contribution in [0.4, 0.5) is 0 Å². The molecule has 1 heterocycles. The summed E-state index contributed by atoms with van der Waals surface area (Å²) in [6.07, 6.45) is 2.51. The van der Waals surface area contributed by atoms with Gasteiger partial charge >= 0.3 is 0 Å². The van der Waals surface area contributed by atoms with Crippen LogP contribution in [0, 0.1) is 10.1 Å². The summed E-state index contributed by atoms with van der Waals surface area (Å²) >= 11 is 0. The number of carbonyl (C=O) groups is 1. The van der Waals surface area contributed by atoms with Crippen molar-refractivity contribution in [1.29, 1.82) is 0 Å². The molecule has 0 aliphatic carbocycles. The van der Waals surface area contributed by atoms with Gasteiger partial charge in [-0.3, -0.25) is 4.79 Å². The molecule has 0 saturated heterocycles. The Morgan fingerprint density at radius 1 is 0.765 bits per heavy atom. The molecule has 6 rings (SSSR count). The van der Waals surface area contributed by atoms with E-state index >= 15 is 0 Å². The van der Waals surface area contributed by atoms with Gasteiger partial charge in [-0.2, -0.15) is 0 Å². The molecule has 6 aromatic rings. The molecule has 0 radical (unpaired) electrons. The SMILES string of the molecule is CCCCC(=O)N(CCCO[N+](=O)[O-])Cc1ccc(-c2ccccc2-c2nnn(C(c3ccccc3)(c3ccccc3)c3ccccc3)n2)cc1. The zero-order chi connectivity index (χ0) is 35.5. The molecule has 0 fully saturated rings. The molecule has 1 aromatic heterocycles. The molecule has 0 atom stereocenters. The van der Waals surface area contributed by atoms with E-state index in [-0.39, 0.29) is 12.5 Å². The number of carbonyl (C=O) groups excluding carboxylic acids is 1. The standard InChI is InChI=1S/C41H40N6O4/c1-2-3-24-39(48)45(29-15-30-51-47(49)50)31-32-25-27-33(28-26-32)37-22-13-14-23-38(37)40-42-44-46(43-40)41(34-16-7-4-8-17-34,35-18-9-5-10-19-35)36-20-11-6-12-21-36/h4-14,16-23,25-28H,2-3,15,24,29-31H2,1H3. The van der Waals surface area contributed by atoms with E-state index in [1.165, 1.54) is 0 Å². The molecule has 51 heavy (non-hydrogen) atoms. The summed E-state index contributed by atoms with van der Waals surface area (Å²) in [5.41, 5.74) is 5.82. The van der Waals surface area contributed by atoms with Crippen LogP contribution in [0.3, 0.4) is 0 Å². The molecule has 258 valence electrons. The number of hydrogen-bond acceptors (Lipinski definition) is 7. The largest absolute Gasteiger partial charge is 0.338 e. The lowest BCUT2D eigenvalue weighted by Gasteiger charge is -2.34. The summed E-state index contributed by atoms with van der Waals surface area (Å²) in [5, 5.41) is 24.3. The monoisotopic (exact) mass is 680 g/mol. The first-order chi connectivity index (χ1) is 25.0. The van der Waals surface area contributed by atoms with E-state index in [0.29, 0.717) is 31.8 Å². The minimum atomic E-state index is -0.887. The third-order valence-corrected chi connectivity index (χ3v) is 8.96. The van der Waals surface area contributed by atoms with Gasteiger partial charge < -0.3 is 9.74 Å². The maximum Gasteiger partial charge on any atom is 0.294 e. The Morgan fingerprint density at radius 2 is 1.31 bits per heavy atom. The Balaban J connectivity index is 1.33. The Labute approximate surface area is 297 Å². The summed E-state index contributed by atoms with van der Waals surface area (Å²) in [7, 11) is 0. The van der Waals surface area contributed by atoms with Gasteiger partial charge in [-0.05, 0) is 51.4 Å². The summed E-state index contributed by atoms with van der Waals surface area (Å²) in [5.74, 6) is 0.519. The number of nitrogens with zero attached hydrogens (tertiary/aromatic N) is 6. The van der Waals surface area contributed by atoms with Crippen LogP contribution in [-0.2, 0) is 21.7 Å². The summed E-state index contributed by atoms with van der Waals surface area (Å²) < 4.78 is 0. The zero-order valence-corrected chi connectivity index (χ0v) is 28.5. The second-order valence-corrected chi connectivity index (χ2v) is 12.3. The predicted octanol–water partition coefficient (Wildman–Crippen LogP) is 7.96. The van der Waals surface area contributed by atoms with Gasteiger partial charge in [0.1, 0.15) is 0 Å². The predicted molar refractivity (Wildman–Crippen MR) is 196 cm³/mol. The first kappa shape index (κ1) is 34.7. The minimum Gasteiger partial charge on any atom is -0.338 e. The molecule has 10 heteroatoms. The van der Waals surface area contributed by atoms with Crippen molar-refractivity contribution in [3.8, 4) is 22.5 Å². The molecular weight excluding hydrogens is 640 g/mol. The number of benzene rings is 5. The number of tetrazole rings is 1. The number of aromatic nitrogens is 4. The van der Waals surface area contributed by atoms with E-state index in [4.69, 9.17) is 10.3 Å². The second kappa shape index (κ2) is 16.5. The van der Waals surface area contributed by atoms with Crippen LogP contribution in [0.2, 0.25) is 0 Å². The second-order valence-electron chi connectivity index (χ2n) is 12.3. The molecule has 1 amide bonds. The number of unbranched alkanes of at least 4 members (excludes halogenated alkanes) is 1. The fourth-order valence-electron chi connectivity index (χ4n) is 6.46. The minimum absolute atomic E-state index is 0.0270. The highest BCUT2D eigenvalue weighted by molar-refractivity contribution is 5.80. The summed E-state index contributed by atoms with van der Waals surface area (Å²) in [4.78, 5) is 31.5. The first-order valence-electron chi connectivity index (χ1n) is 17.2. The van der Waals surface area contributed by atoms with Crippen LogP contribution < -0.4 is 0 Å². The van der Waals surface area contributed by atoms with E-state index in [9.17, 15) is 14.9 Å². The third-order valence-electron chi connectivity index (χ3n) is 8.96. The molecule has 5 aromatic carbocycles. The molecule has 0 spiro atoms. The van der Waals surface area contributed by atoms with Crippen molar-refractivity contribution in [1.82, 2.24) is 25.1 Å². The van der Waals surface area contributed by atoms with E-state index < -0.39 is 10.6 Å². The van der Waals surface area contributed by atoms with Gasteiger partial charge in [0.25, 0.3) is 5.09 Å². The highest BCUT2D eigenvalue weighted by Gasteiger charge is 2.41. The molecule has 0 aliphatic heterocycles. The van der Waals surface area contributed by atoms with E-state index in [0.717, 1.165) is 51.8 Å². The lowest BCUT2D eigenvalue weighted by atomic mass is 9.77. The van der Waals surface area contributed by atoms with Crippen molar-refractivity contribution < 1.29 is 14.7 Å². The quantitative estimate of drug-likeness (QED) is 0.0441. The van der Waals surface area contributed by atoms with Gasteiger partial charge in [-0.25, -0.2) is 0 Å². The molecule has 0 bridgehead atoms. The van der Waals surface area contributed by atoms with Crippen molar-refractivity contribution in [2.45, 2.75) is 44.7 Å². The Kier molecular flexibility index (Phi) is 11.2. The Morgan fingerprint density at radius 3 is 1.86 bits per heavy atom. The topological polar surface area (TPSA) is 116 Å². The van der Waals surface area contributed by atoms with E-state index in [1.54, 1.807) is 9.70 Å². The van der Waals surface area contributed by atoms with Crippen molar-refractivity contribution in [3.05, 3.63) is 172 Å². The Bertz CT molecular complexity index is 1920. The third kappa shape index (κ3) is 7.86. The van der Waals surface area contributed by atoms with Crippen LogP contribution in [0.25, 0.3) is 22.5 Å². The van der Waals surface area contributed by atoms with Gasteiger partial charge in [0, 0.05) is 25.1 Å². The van der Waals surface area contributed by atoms with Crippen molar-refractivity contribution in [3.63, 3.8) is 0 Å². The van der Waals surface area contributed by atoms with Gasteiger partial charge in [-0.1, -0.05) is 153 Å². The molecular formula is C41H40N6O4. The maximum absolute atomic E-state index is 13.0. The van der Waals surface area contributed by atoms with Gasteiger partial charge in [0.05, 0.1) is 6.61 Å². The van der Waals surface area contributed by atoms with E-state index in [1.807, 2.05) is 110 Å². The Hall–Kier alpha value is -6.16. The zero-order valence-electron chi connectivity index (χ0n) is 28.5. The average molecular weight is 681 g/mol. The number of amides is 1. The van der Waals surface area contributed by atoms with Crippen LogP contribution in [0.5, 0.6) is 0 Å². The van der Waals surface area contributed by atoms with Crippen LogP contribution in [0.15, 0.2) is 140 Å². The summed E-state index contributed by atoms with van der Waals surface area (Å²) in [6.45, 7) is 2.77. The van der Waals surface area contributed by atoms with Crippen molar-refractivity contribution in [2.24, 2.45) is 0 Å². The molecule has 0 saturated carbocycles. The fourth-order valence-corrected chi connectivity index (χ4v) is 6.46. The highest BCUT2D eigenvalue weighted by Crippen LogP contribution is 2.40. The highest BCUT2D eigenvalue weighted by atomic mass is 16.9. The first-order valence-corrected chi connectivity index (χ1v) is 17.2. The van der Waals surface area contributed by atoms with E-state index in [2.05, 4.69) is 46.3 Å². The fraction of sp³-hybridized carbons (Fsp3) is 0.220. The van der Waals surface area contributed by atoms with Crippen molar-refractivity contribution in [2.75, 3.05) is 13.2 Å². The number of hydrogen-bond donors (Lipinski definition) is 0. The average Bonchev–Trinajstić information content (AvgIpc) is 3.67. The number of rotatable bonds is 16. The van der Waals surface area contributed by atoms with Crippen LogP contribution >= 0.6 is 0 Å². The molecule has 0 N–H and O–H groups in total. The van der Waals surface area contributed by atoms with Gasteiger partial charge in [0.2, 0.25) is 11.7 Å².